The Labute approximate surface area is 165 Å². The number of pyridine rings is 1. The number of tetrazole rings is 1. The van der Waals surface area contributed by atoms with Crippen LogP contribution in [0.2, 0.25) is 0 Å². The van der Waals surface area contributed by atoms with Gasteiger partial charge in [-0.05, 0) is 59.8 Å². The number of aryl methyl sites for hydroxylation is 1. The fourth-order valence-corrected chi connectivity index (χ4v) is 3.53. The summed E-state index contributed by atoms with van der Waals surface area (Å²) in [4.78, 5) is 18.3. The van der Waals surface area contributed by atoms with Gasteiger partial charge < -0.3 is 5.32 Å². The van der Waals surface area contributed by atoms with E-state index >= 15 is 0 Å². The van der Waals surface area contributed by atoms with Gasteiger partial charge in [0.15, 0.2) is 5.82 Å². The van der Waals surface area contributed by atoms with E-state index < -0.39 is 0 Å². The number of nitrogens with one attached hydrogen (secondary N) is 1. The summed E-state index contributed by atoms with van der Waals surface area (Å²) in [5, 5.41) is 15.1. The molecule has 0 unspecified atom stereocenters. The highest BCUT2D eigenvalue weighted by Gasteiger charge is 2.14. The van der Waals surface area contributed by atoms with E-state index in [4.69, 9.17) is 0 Å². The van der Waals surface area contributed by atoms with Crippen molar-refractivity contribution in [3.05, 3.63) is 84.3 Å². The molecule has 2 heterocycles. The molecule has 1 N–H and O–H groups in total. The highest BCUT2D eigenvalue weighted by molar-refractivity contribution is 7.99. The number of amides is 1. The topological polar surface area (TPSA) is 85.6 Å². The summed E-state index contributed by atoms with van der Waals surface area (Å²) in [7, 11) is 0. The maximum atomic E-state index is 12.9. The van der Waals surface area contributed by atoms with Gasteiger partial charge in [0, 0.05) is 16.8 Å². The summed E-state index contributed by atoms with van der Waals surface area (Å²) in [5.41, 5.74) is 1.93. The summed E-state index contributed by atoms with van der Waals surface area (Å²) < 4.78 is 1.61. The molecule has 2 aromatic heterocycles. The second-order valence-corrected chi connectivity index (χ2v) is 6.98. The van der Waals surface area contributed by atoms with Crippen LogP contribution in [0.4, 0.5) is 5.69 Å². The standard InChI is InChI=1S/C20H16N6OS/c1-14-23-24-25-26(14)16-8-5-7-15(13-16)22-19(27)18-11-6-12-21-20(18)28-17-9-3-2-4-10-17/h2-13H,1H3,(H,22,27). The Hall–Kier alpha value is -3.52. The first-order chi connectivity index (χ1) is 13.7. The Morgan fingerprint density at radius 3 is 2.68 bits per heavy atom. The van der Waals surface area contributed by atoms with E-state index in [-0.39, 0.29) is 5.91 Å². The average Bonchev–Trinajstić information content (AvgIpc) is 3.15. The van der Waals surface area contributed by atoms with Crippen molar-refractivity contribution in [3.8, 4) is 5.69 Å². The molecule has 0 fully saturated rings. The number of anilines is 1. The Kier molecular flexibility index (Phi) is 5.11. The molecule has 4 rings (SSSR count). The minimum Gasteiger partial charge on any atom is -0.322 e. The largest absolute Gasteiger partial charge is 0.322 e. The molecule has 0 aliphatic rings. The molecule has 0 aliphatic heterocycles. The lowest BCUT2D eigenvalue weighted by molar-refractivity contribution is 0.102. The molecule has 8 heteroatoms. The lowest BCUT2D eigenvalue weighted by Crippen LogP contribution is -2.14. The third-order valence-electron chi connectivity index (χ3n) is 3.95. The molecule has 4 aromatic rings. The van der Waals surface area contributed by atoms with Gasteiger partial charge in [-0.15, -0.1) is 5.10 Å². The summed E-state index contributed by atoms with van der Waals surface area (Å²) in [6.07, 6.45) is 1.68. The van der Waals surface area contributed by atoms with Crippen LogP contribution in [0.5, 0.6) is 0 Å². The van der Waals surface area contributed by atoms with Crippen LogP contribution in [0, 0.1) is 6.92 Å². The lowest BCUT2D eigenvalue weighted by atomic mass is 10.2. The number of carbonyl (C=O) groups excluding carboxylic acids is 1. The first kappa shape index (κ1) is 17.9. The number of carbonyl (C=O) groups is 1. The summed E-state index contributed by atoms with van der Waals surface area (Å²) in [6.45, 7) is 1.81. The van der Waals surface area contributed by atoms with Crippen molar-refractivity contribution >= 4 is 23.4 Å². The number of hydrogen-bond donors (Lipinski definition) is 1. The van der Waals surface area contributed by atoms with Crippen LogP contribution >= 0.6 is 11.8 Å². The fourth-order valence-electron chi connectivity index (χ4n) is 2.63. The average molecular weight is 388 g/mol. The minimum absolute atomic E-state index is 0.225. The summed E-state index contributed by atoms with van der Waals surface area (Å²) >= 11 is 1.45. The highest BCUT2D eigenvalue weighted by Crippen LogP contribution is 2.28. The first-order valence-corrected chi connectivity index (χ1v) is 9.37. The summed E-state index contributed by atoms with van der Waals surface area (Å²) in [5.74, 6) is 0.439. The lowest BCUT2D eigenvalue weighted by Gasteiger charge is -2.10. The zero-order valence-electron chi connectivity index (χ0n) is 15.0. The van der Waals surface area contributed by atoms with Crippen molar-refractivity contribution in [1.29, 1.82) is 0 Å². The number of benzene rings is 2. The molecule has 0 saturated heterocycles. The fraction of sp³-hybridized carbons (Fsp3) is 0.0500. The molecule has 0 bridgehead atoms. The van der Waals surface area contributed by atoms with Crippen LogP contribution in [0.1, 0.15) is 16.2 Å². The van der Waals surface area contributed by atoms with Gasteiger partial charge in [0.05, 0.1) is 11.3 Å². The van der Waals surface area contributed by atoms with Gasteiger partial charge in [0.25, 0.3) is 5.91 Å². The predicted molar refractivity (Wildman–Crippen MR) is 107 cm³/mol. The molecule has 1 amide bonds. The van der Waals surface area contributed by atoms with E-state index in [9.17, 15) is 4.79 Å². The van der Waals surface area contributed by atoms with Gasteiger partial charge in [-0.25, -0.2) is 4.98 Å². The Bertz CT molecular complexity index is 1110. The molecule has 0 spiro atoms. The number of aromatic nitrogens is 5. The third kappa shape index (κ3) is 3.91. The molecule has 138 valence electrons. The quantitative estimate of drug-likeness (QED) is 0.560. The zero-order valence-corrected chi connectivity index (χ0v) is 15.8. The third-order valence-corrected chi connectivity index (χ3v) is 4.97. The molecule has 0 atom stereocenters. The number of hydrogen-bond acceptors (Lipinski definition) is 6. The minimum atomic E-state index is -0.225. The van der Waals surface area contributed by atoms with E-state index in [1.807, 2.05) is 61.5 Å². The van der Waals surface area contributed by atoms with E-state index in [1.165, 1.54) is 11.8 Å². The van der Waals surface area contributed by atoms with Crippen molar-refractivity contribution in [2.75, 3.05) is 5.32 Å². The van der Waals surface area contributed by atoms with Crippen molar-refractivity contribution in [2.45, 2.75) is 16.8 Å². The molecule has 7 nitrogen and oxygen atoms in total. The predicted octanol–water partition coefficient (Wildman–Crippen LogP) is 3.77. The van der Waals surface area contributed by atoms with Crippen molar-refractivity contribution in [1.82, 2.24) is 25.2 Å². The van der Waals surface area contributed by atoms with Crippen LogP contribution in [-0.2, 0) is 0 Å². The van der Waals surface area contributed by atoms with Crippen molar-refractivity contribution in [2.24, 2.45) is 0 Å². The monoisotopic (exact) mass is 388 g/mol. The second kappa shape index (κ2) is 8.01. The van der Waals surface area contributed by atoms with E-state index in [2.05, 4.69) is 25.8 Å². The van der Waals surface area contributed by atoms with Gasteiger partial charge >= 0.3 is 0 Å². The molecular weight excluding hydrogens is 372 g/mol. The van der Waals surface area contributed by atoms with Gasteiger partial charge in [0.2, 0.25) is 0 Å². The molecule has 28 heavy (non-hydrogen) atoms. The van der Waals surface area contributed by atoms with Crippen LogP contribution in [0.15, 0.2) is 82.8 Å². The van der Waals surface area contributed by atoms with Crippen molar-refractivity contribution < 1.29 is 4.79 Å². The SMILES string of the molecule is Cc1nnnn1-c1cccc(NC(=O)c2cccnc2Sc2ccccc2)c1. The normalized spacial score (nSPS) is 10.6. The van der Waals surface area contributed by atoms with Crippen LogP contribution in [0.25, 0.3) is 5.69 Å². The Morgan fingerprint density at radius 2 is 1.89 bits per heavy atom. The number of rotatable bonds is 5. The maximum Gasteiger partial charge on any atom is 0.258 e. The Morgan fingerprint density at radius 1 is 1.04 bits per heavy atom. The molecule has 2 aromatic carbocycles. The number of nitrogens with zero attached hydrogens (tertiary/aromatic N) is 5. The van der Waals surface area contributed by atoms with Gasteiger partial charge in [-0.3, -0.25) is 4.79 Å². The molecule has 0 radical (unpaired) electrons. The maximum absolute atomic E-state index is 12.9. The van der Waals surface area contributed by atoms with E-state index in [1.54, 1.807) is 23.0 Å². The molecule has 0 aliphatic carbocycles. The smallest absolute Gasteiger partial charge is 0.258 e. The van der Waals surface area contributed by atoms with Gasteiger partial charge in [-0.2, -0.15) is 4.68 Å². The highest BCUT2D eigenvalue weighted by atomic mass is 32.2. The van der Waals surface area contributed by atoms with Crippen LogP contribution in [0.3, 0.4) is 0 Å². The second-order valence-electron chi connectivity index (χ2n) is 5.91. The zero-order chi connectivity index (χ0) is 19.3. The Balaban J connectivity index is 1.57. The van der Waals surface area contributed by atoms with Crippen LogP contribution < -0.4 is 5.32 Å². The molecule has 0 saturated carbocycles. The summed E-state index contributed by atoms with van der Waals surface area (Å²) in [6, 6.07) is 20.7. The van der Waals surface area contributed by atoms with Gasteiger partial charge in [-0.1, -0.05) is 36.0 Å². The van der Waals surface area contributed by atoms with Crippen LogP contribution in [-0.4, -0.2) is 31.1 Å². The first-order valence-electron chi connectivity index (χ1n) is 8.55. The van der Waals surface area contributed by atoms with E-state index in [0.717, 1.165) is 10.6 Å². The van der Waals surface area contributed by atoms with Gasteiger partial charge in [0.1, 0.15) is 5.03 Å². The van der Waals surface area contributed by atoms with E-state index in [0.29, 0.717) is 22.1 Å². The molecular formula is C20H16N6OS. The van der Waals surface area contributed by atoms with Crippen molar-refractivity contribution in [3.63, 3.8) is 0 Å².